The van der Waals surface area contributed by atoms with Gasteiger partial charge in [0.1, 0.15) is 5.75 Å². The Kier molecular flexibility index (Phi) is 8.91. The van der Waals surface area contributed by atoms with Crippen molar-refractivity contribution in [2.45, 2.75) is 70.4 Å². The average Bonchev–Trinajstić information content (AvgIpc) is 2.78. The number of aromatic nitrogens is 1. The van der Waals surface area contributed by atoms with Gasteiger partial charge in [-0.2, -0.15) is 0 Å². The van der Waals surface area contributed by atoms with Crippen LogP contribution in [0.5, 0.6) is 5.75 Å². The predicted molar refractivity (Wildman–Crippen MR) is 122 cm³/mol. The Morgan fingerprint density at radius 3 is 2.80 bits per heavy atom. The summed E-state index contributed by atoms with van der Waals surface area (Å²) < 4.78 is 5.36. The highest BCUT2D eigenvalue weighted by atomic mass is 16.5. The van der Waals surface area contributed by atoms with Crippen molar-refractivity contribution < 1.29 is 14.9 Å². The number of piperidine rings is 1. The van der Waals surface area contributed by atoms with Crippen LogP contribution in [0.4, 0.5) is 0 Å². The molecule has 2 unspecified atom stereocenters. The molecule has 2 aromatic rings. The summed E-state index contributed by atoms with van der Waals surface area (Å²) in [5.41, 5.74) is 1.79. The van der Waals surface area contributed by atoms with E-state index < -0.39 is 6.10 Å². The molecule has 2 N–H and O–H groups in total. The number of rotatable bonds is 11. The maximum absolute atomic E-state index is 11.0. The van der Waals surface area contributed by atoms with E-state index in [4.69, 9.17) is 4.74 Å². The lowest BCUT2D eigenvalue weighted by molar-refractivity contribution is 0.0438. The van der Waals surface area contributed by atoms with E-state index in [1.807, 2.05) is 24.3 Å². The van der Waals surface area contributed by atoms with Gasteiger partial charge in [0.05, 0.1) is 25.3 Å². The lowest BCUT2D eigenvalue weighted by Crippen LogP contribution is -2.45. The SMILES string of the molecule is CCCCCCCN1CCC(CC(O)c2ccnc3ccc(OC)cc23)C[C@H]1CO. The predicted octanol–water partition coefficient (Wildman–Crippen LogP) is 4.71. The van der Waals surface area contributed by atoms with Gasteiger partial charge in [-0.05, 0) is 74.5 Å². The molecule has 1 aromatic carbocycles. The highest BCUT2D eigenvalue weighted by molar-refractivity contribution is 5.83. The van der Waals surface area contributed by atoms with Gasteiger partial charge in [0.15, 0.2) is 0 Å². The minimum atomic E-state index is -0.535. The molecule has 1 fully saturated rings. The molecule has 1 aliphatic heterocycles. The lowest BCUT2D eigenvalue weighted by atomic mass is 9.85. The minimum absolute atomic E-state index is 0.205. The fourth-order valence-electron chi connectivity index (χ4n) is 4.81. The fraction of sp³-hybridized carbons (Fsp3) is 0.640. The number of aliphatic hydroxyl groups excluding tert-OH is 2. The summed E-state index contributed by atoms with van der Waals surface area (Å²) in [7, 11) is 1.65. The summed E-state index contributed by atoms with van der Waals surface area (Å²) >= 11 is 0. The maximum Gasteiger partial charge on any atom is 0.119 e. The molecule has 5 nitrogen and oxygen atoms in total. The second kappa shape index (κ2) is 11.6. The summed E-state index contributed by atoms with van der Waals surface area (Å²) in [4.78, 5) is 6.88. The Morgan fingerprint density at radius 2 is 2.03 bits per heavy atom. The monoisotopic (exact) mass is 414 g/mol. The summed E-state index contributed by atoms with van der Waals surface area (Å²) in [5.74, 6) is 1.19. The molecule has 30 heavy (non-hydrogen) atoms. The quantitative estimate of drug-likeness (QED) is 0.521. The zero-order valence-electron chi connectivity index (χ0n) is 18.6. The zero-order valence-corrected chi connectivity index (χ0v) is 18.6. The number of unbranched alkanes of at least 4 members (excludes halogenated alkanes) is 4. The Balaban J connectivity index is 1.59. The third-order valence-electron chi connectivity index (χ3n) is 6.60. The van der Waals surface area contributed by atoms with Crippen molar-refractivity contribution in [1.82, 2.24) is 9.88 Å². The van der Waals surface area contributed by atoms with Crippen LogP contribution in [0.2, 0.25) is 0 Å². The molecule has 0 saturated carbocycles. The van der Waals surface area contributed by atoms with Gasteiger partial charge in [-0.3, -0.25) is 9.88 Å². The number of ether oxygens (including phenoxy) is 1. The minimum Gasteiger partial charge on any atom is -0.497 e. The van der Waals surface area contributed by atoms with Crippen LogP contribution in [0.15, 0.2) is 30.5 Å². The largest absolute Gasteiger partial charge is 0.497 e. The van der Waals surface area contributed by atoms with Crippen molar-refractivity contribution in [2.24, 2.45) is 5.92 Å². The van der Waals surface area contributed by atoms with Crippen LogP contribution >= 0.6 is 0 Å². The first-order valence-corrected chi connectivity index (χ1v) is 11.6. The number of fused-ring (bicyclic) bond motifs is 1. The molecular formula is C25H38N2O3. The molecule has 166 valence electrons. The third kappa shape index (κ3) is 5.93. The van der Waals surface area contributed by atoms with E-state index in [-0.39, 0.29) is 12.6 Å². The number of aliphatic hydroxyl groups is 2. The van der Waals surface area contributed by atoms with E-state index in [2.05, 4.69) is 16.8 Å². The van der Waals surface area contributed by atoms with Crippen LogP contribution in [-0.2, 0) is 0 Å². The van der Waals surface area contributed by atoms with E-state index in [1.54, 1.807) is 13.3 Å². The molecule has 1 saturated heterocycles. The van der Waals surface area contributed by atoms with Gasteiger partial charge in [-0.25, -0.2) is 0 Å². The van der Waals surface area contributed by atoms with E-state index in [1.165, 1.54) is 32.1 Å². The number of pyridine rings is 1. The van der Waals surface area contributed by atoms with Crippen molar-refractivity contribution >= 4 is 10.9 Å². The number of nitrogens with zero attached hydrogens (tertiary/aromatic N) is 2. The van der Waals surface area contributed by atoms with Crippen LogP contribution in [0.25, 0.3) is 10.9 Å². The van der Waals surface area contributed by atoms with E-state index in [0.29, 0.717) is 5.92 Å². The molecule has 3 atom stereocenters. The molecular weight excluding hydrogens is 376 g/mol. The fourth-order valence-corrected chi connectivity index (χ4v) is 4.81. The van der Waals surface area contributed by atoms with Crippen molar-refractivity contribution in [3.63, 3.8) is 0 Å². The molecule has 5 heteroatoms. The van der Waals surface area contributed by atoms with Gasteiger partial charge in [0.2, 0.25) is 0 Å². The van der Waals surface area contributed by atoms with Gasteiger partial charge in [0.25, 0.3) is 0 Å². The Morgan fingerprint density at radius 1 is 1.20 bits per heavy atom. The van der Waals surface area contributed by atoms with E-state index >= 15 is 0 Å². The van der Waals surface area contributed by atoms with Crippen LogP contribution in [-0.4, -0.2) is 52.9 Å². The van der Waals surface area contributed by atoms with Gasteiger partial charge in [-0.15, -0.1) is 0 Å². The first-order chi connectivity index (χ1) is 14.7. The van der Waals surface area contributed by atoms with Crippen LogP contribution in [0, 0.1) is 5.92 Å². The molecule has 2 heterocycles. The smallest absolute Gasteiger partial charge is 0.119 e. The molecule has 0 bridgehead atoms. The number of benzene rings is 1. The van der Waals surface area contributed by atoms with E-state index in [9.17, 15) is 10.2 Å². The molecule has 3 rings (SSSR count). The molecule has 1 aliphatic rings. The summed E-state index contributed by atoms with van der Waals surface area (Å²) in [6.07, 6.45) is 10.4. The summed E-state index contributed by atoms with van der Waals surface area (Å²) in [5, 5.41) is 21.9. The van der Waals surface area contributed by atoms with Crippen LogP contribution in [0.1, 0.15) is 70.0 Å². The molecule has 0 amide bonds. The highest BCUT2D eigenvalue weighted by Crippen LogP contribution is 2.34. The number of hydrogen-bond donors (Lipinski definition) is 2. The van der Waals surface area contributed by atoms with Gasteiger partial charge < -0.3 is 14.9 Å². The standard InChI is InChI=1S/C25H38N2O3/c1-3-4-5-6-7-13-27-14-11-19(15-20(27)18-28)16-25(29)22-10-12-26-24-9-8-21(30-2)17-23(22)24/h8-10,12,17,19-20,25,28-29H,3-7,11,13-16,18H2,1-2H3/t19?,20-,25?/m0/s1. The number of hydrogen-bond acceptors (Lipinski definition) is 5. The molecule has 0 spiro atoms. The lowest BCUT2D eigenvalue weighted by Gasteiger charge is -2.39. The Bertz CT molecular complexity index is 782. The van der Waals surface area contributed by atoms with E-state index in [0.717, 1.165) is 54.6 Å². The Hall–Kier alpha value is -1.69. The summed E-state index contributed by atoms with van der Waals surface area (Å²) in [6, 6.07) is 7.93. The average molecular weight is 415 g/mol. The highest BCUT2D eigenvalue weighted by Gasteiger charge is 2.29. The van der Waals surface area contributed by atoms with Gasteiger partial charge in [0, 0.05) is 17.6 Å². The first-order valence-electron chi connectivity index (χ1n) is 11.6. The molecule has 1 aromatic heterocycles. The topological polar surface area (TPSA) is 65.8 Å². The Labute approximate surface area is 181 Å². The van der Waals surface area contributed by atoms with Crippen LogP contribution in [0.3, 0.4) is 0 Å². The number of methoxy groups -OCH3 is 1. The second-order valence-electron chi connectivity index (χ2n) is 8.71. The third-order valence-corrected chi connectivity index (χ3v) is 6.60. The molecule has 0 aliphatic carbocycles. The van der Waals surface area contributed by atoms with Crippen molar-refractivity contribution in [3.8, 4) is 5.75 Å². The first kappa shape index (κ1) is 23.0. The second-order valence-corrected chi connectivity index (χ2v) is 8.71. The normalized spacial score (nSPS) is 21.1. The van der Waals surface area contributed by atoms with Gasteiger partial charge >= 0.3 is 0 Å². The molecule has 0 radical (unpaired) electrons. The zero-order chi connectivity index (χ0) is 21.3. The number of likely N-dealkylation sites (tertiary alicyclic amines) is 1. The van der Waals surface area contributed by atoms with Crippen molar-refractivity contribution in [2.75, 3.05) is 26.8 Å². The van der Waals surface area contributed by atoms with Gasteiger partial charge in [-0.1, -0.05) is 32.6 Å². The van der Waals surface area contributed by atoms with Crippen molar-refractivity contribution in [1.29, 1.82) is 0 Å². The summed E-state index contributed by atoms with van der Waals surface area (Å²) in [6.45, 7) is 4.55. The van der Waals surface area contributed by atoms with Crippen LogP contribution < -0.4 is 4.74 Å². The maximum atomic E-state index is 11.0. The van der Waals surface area contributed by atoms with Crippen molar-refractivity contribution in [3.05, 3.63) is 36.0 Å².